The zero-order chi connectivity index (χ0) is 15.5. The van der Waals surface area contributed by atoms with Gasteiger partial charge in [0.15, 0.2) is 0 Å². The SMILES string of the molecule is CC12CCC(C1)C(C)(C)C2Nc1cccc(C(F)(F)F)c1. The molecule has 2 bridgehead atoms. The summed E-state index contributed by atoms with van der Waals surface area (Å²) in [5, 5.41) is 3.42. The second-order valence-corrected chi connectivity index (χ2v) is 7.57. The van der Waals surface area contributed by atoms with E-state index < -0.39 is 11.7 Å². The lowest BCUT2D eigenvalue weighted by molar-refractivity contribution is -0.137. The van der Waals surface area contributed by atoms with Crippen molar-refractivity contribution in [3.63, 3.8) is 0 Å². The molecule has 2 saturated carbocycles. The Bertz CT molecular complexity index is 544. The number of hydrogen-bond donors (Lipinski definition) is 1. The molecule has 2 aliphatic rings. The first-order valence-electron chi connectivity index (χ1n) is 7.57. The van der Waals surface area contributed by atoms with Crippen LogP contribution in [0.1, 0.15) is 45.6 Å². The van der Waals surface area contributed by atoms with Crippen molar-refractivity contribution >= 4 is 5.69 Å². The number of halogens is 3. The lowest BCUT2D eigenvalue weighted by Gasteiger charge is -2.43. The van der Waals surface area contributed by atoms with Crippen LogP contribution >= 0.6 is 0 Å². The van der Waals surface area contributed by atoms with Gasteiger partial charge >= 0.3 is 6.18 Å². The van der Waals surface area contributed by atoms with Crippen molar-refractivity contribution in [2.45, 2.75) is 52.3 Å². The lowest BCUT2D eigenvalue weighted by Crippen LogP contribution is -2.45. The van der Waals surface area contributed by atoms with E-state index in [1.54, 1.807) is 6.07 Å². The van der Waals surface area contributed by atoms with Crippen molar-refractivity contribution in [3.05, 3.63) is 29.8 Å². The predicted octanol–water partition coefficient (Wildman–Crippen LogP) is 5.33. The molecule has 4 heteroatoms. The van der Waals surface area contributed by atoms with E-state index in [9.17, 15) is 13.2 Å². The highest BCUT2D eigenvalue weighted by molar-refractivity contribution is 5.48. The number of hydrogen-bond acceptors (Lipinski definition) is 1. The molecule has 3 atom stereocenters. The Kier molecular flexibility index (Phi) is 3.09. The van der Waals surface area contributed by atoms with Crippen LogP contribution in [0.15, 0.2) is 24.3 Å². The zero-order valence-corrected chi connectivity index (χ0v) is 12.7. The molecular formula is C17H22F3N. The molecule has 3 rings (SSSR count). The van der Waals surface area contributed by atoms with E-state index in [4.69, 9.17) is 0 Å². The standard InChI is InChI=1S/C17H22F3N/c1-15(2)12-7-8-16(3,10-12)14(15)21-13-6-4-5-11(9-13)17(18,19)20/h4-6,9,12,14,21H,7-8,10H2,1-3H3. The van der Waals surface area contributed by atoms with Crippen LogP contribution in [0.25, 0.3) is 0 Å². The molecule has 0 saturated heterocycles. The van der Waals surface area contributed by atoms with Gasteiger partial charge in [-0.2, -0.15) is 13.2 Å². The monoisotopic (exact) mass is 297 g/mol. The van der Waals surface area contributed by atoms with Gasteiger partial charge < -0.3 is 5.32 Å². The summed E-state index contributed by atoms with van der Waals surface area (Å²) >= 11 is 0. The Morgan fingerprint density at radius 2 is 1.90 bits per heavy atom. The highest BCUT2D eigenvalue weighted by atomic mass is 19.4. The van der Waals surface area contributed by atoms with Crippen LogP contribution in [-0.2, 0) is 6.18 Å². The first kappa shape index (κ1) is 14.7. The molecule has 1 N–H and O–H groups in total. The summed E-state index contributed by atoms with van der Waals surface area (Å²) in [4.78, 5) is 0. The number of anilines is 1. The maximum atomic E-state index is 12.8. The maximum absolute atomic E-state index is 12.8. The molecule has 2 aliphatic carbocycles. The third kappa shape index (κ3) is 2.33. The van der Waals surface area contributed by atoms with Crippen LogP contribution in [0.2, 0.25) is 0 Å². The number of benzene rings is 1. The Hall–Kier alpha value is -1.19. The summed E-state index contributed by atoms with van der Waals surface area (Å²) in [5.41, 5.74) is 0.319. The van der Waals surface area contributed by atoms with Gasteiger partial charge in [0.2, 0.25) is 0 Å². The normalized spacial score (nSPS) is 34.2. The van der Waals surface area contributed by atoms with Gasteiger partial charge in [-0.3, -0.25) is 0 Å². The topological polar surface area (TPSA) is 12.0 Å². The third-order valence-electron chi connectivity index (χ3n) is 5.77. The summed E-state index contributed by atoms with van der Waals surface area (Å²) in [6.07, 6.45) is -0.704. The predicted molar refractivity (Wildman–Crippen MR) is 78.1 cm³/mol. The lowest BCUT2D eigenvalue weighted by atomic mass is 9.68. The van der Waals surface area contributed by atoms with Crippen molar-refractivity contribution in [2.24, 2.45) is 16.7 Å². The van der Waals surface area contributed by atoms with E-state index in [0.717, 1.165) is 12.5 Å². The summed E-state index contributed by atoms with van der Waals surface area (Å²) in [7, 11) is 0. The molecule has 1 aromatic rings. The van der Waals surface area contributed by atoms with Crippen LogP contribution in [0.4, 0.5) is 18.9 Å². The number of nitrogens with one attached hydrogen (secondary N) is 1. The first-order valence-corrected chi connectivity index (χ1v) is 7.57. The highest BCUT2D eigenvalue weighted by Crippen LogP contribution is 2.63. The Labute approximate surface area is 123 Å². The van der Waals surface area contributed by atoms with E-state index in [0.29, 0.717) is 11.6 Å². The first-order chi connectivity index (χ1) is 9.63. The molecule has 21 heavy (non-hydrogen) atoms. The smallest absolute Gasteiger partial charge is 0.381 e. The molecule has 0 aliphatic heterocycles. The molecule has 2 fully saturated rings. The minimum Gasteiger partial charge on any atom is -0.381 e. The van der Waals surface area contributed by atoms with Crippen molar-refractivity contribution < 1.29 is 13.2 Å². The average molecular weight is 297 g/mol. The molecule has 0 aromatic heterocycles. The van der Waals surface area contributed by atoms with E-state index >= 15 is 0 Å². The number of alkyl halides is 3. The van der Waals surface area contributed by atoms with Gasteiger partial charge in [-0.25, -0.2) is 0 Å². The summed E-state index contributed by atoms with van der Waals surface area (Å²) in [6, 6.07) is 5.80. The molecule has 0 heterocycles. The minimum atomic E-state index is -4.29. The fourth-order valence-electron chi connectivity index (χ4n) is 4.61. The molecule has 116 valence electrons. The largest absolute Gasteiger partial charge is 0.416 e. The highest BCUT2D eigenvalue weighted by Gasteiger charge is 2.59. The third-order valence-corrected chi connectivity index (χ3v) is 5.77. The Morgan fingerprint density at radius 1 is 1.19 bits per heavy atom. The molecule has 0 radical (unpaired) electrons. The van der Waals surface area contributed by atoms with Gasteiger partial charge in [-0.05, 0) is 54.2 Å². The van der Waals surface area contributed by atoms with Crippen molar-refractivity contribution in [1.82, 2.24) is 0 Å². The van der Waals surface area contributed by atoms with Crippen LogP contribution in [0.5, 0.6) is 0 Å². The van der Waals surface area contributed by atoms with E-state index in [1.165, 1.54) is 25.0 Å². The minimum absolute atomic E-state index is 0.126. The molecule has 0 spiro atoms. The van der Waals surface area contributed by atoms with Crippen molar-refractivity contribution in [2.75, 3.05) is 5.32 Å². The van der Waals surface area contributed by atoms with Gasteiger partial charge in [-0.15, -0.1) is 0 Å². The van der Waals surface area contributed by atoms with Crippen LogP contribution in [-0.4, -0.2) is 6.04 Å². The van der Waals surface area contributed by atoms with Gasteiger partial charge in [0, 0.05) is 11.7 Å². The summed E-state index contributed by atoms with van der Waals surface area (Å²) in [5.74, 6) is 0.672. The van der Waals surface area contributed by atoms with E-state index in [-0.39, 0.29) is 16.9 Å². The number of rotatable bonds is 2. The summed E-state index contributed by atoms with van der Waals surface area (Å²) in [6.45, 7) is 6.76. The fourth-order valence-corrected chi connectivity index (χ4v) is 4.61. The van der Waals surface area contributed by atoms with Crippen LogP contribution in [0.3, 0.4) is 0 Å². The van der Waals surface area contributed by atoms with Crippen molar-refractivity contribution in [1.29, 1.82) is 0 Å². The van der Waals surface area contributed by atoms with Gasteiger partial charge in [0.25, 0.3) is 0 Å². The molecule has 1 nitrogen and oxygen atoms in total. The molecule has 0 amide bonds. The molecule has 1 aromatic carbocycles. The van der Waals surface area contributed by atoms with Gasteiger partial charge in [0.1, 0.15) is 0 Å². The van der Waals surface area contributed by atoms with Crippen molar-refractivity contribution in [3.8, 4) is 0 Å². The second kappa shape index (κ2) is 4.40. The summed E-state index contributed by atoms with van der Waals surface area (Å²) < 4.78 is 38.5. The van der Waals surface area contributed by atoms with Crippen LogP contribution in [0, 0.1) is 16.7 Å². The molecular weight excluding hydrogens is 275 g/mol. The van der Waals surface area contributed by atoms with Crippen LogP contribution < -0.4 is 5.32 Å². The number of fused-ring (bicyclic) bond motifs is 2. The molecule has 3 unspecified atom stereocenters. The fraction of sp³-hybridized carbons (Fsp3) is 0.647. The Morgan fingerprint density at radius 3 is 2.48 bits per heavy atom. The van der Waals surface area contributed by atoms with E-state index in [1.807, 2.05) is 0 Å². The van der Waals surface area contributed by atoms with Gasteiger partial charge in [-0.1, -0.05) is 26.8 Å². The van der Waals surface area contributed by atoms with Gasteiger partial charge in [0.05, 0.1) is 5.56 Å². The maximum Gasteiger partial charge on any atom is 0.416 e. The Balaban J connectivity index is 1.87. The quantitative estimate of drug-likeness (QED) is 0.777. The zero-order valence-electron chi connectivity index (χ0n) is 12.7. The second-order valence-electron chi connectivity index (χ2n) is 7.57. The van der Waals surface area contributed by atoms with E-state index in [2.05, 4.69) is 26.1 Å². The average Bonchev–Trinajstić information content (AvgIpc) is 2.85.